The molecule has 0 bridgehead atoms. The van der Waals surface area contributed by atoms with Gasteiger partial charge in [0.25, 0.3) is 5.91 Å². The van der Waals surface area contributed by atoms with Crippen molar-refractivity contribution in [2.24, 2.45) is 12.8 Å². The number of aromatic nitrogens is 2. The normalized spacial score (nSPS) is 10.5. The summed E-state index contributed by atoms with van der Waals surface area (Å²) in [5, 5.41) is 0.803. The summed E-state index contributed by atoms with van der Waals surface area (Å²) in [6, 6.07) is 1.85. The third-order valence-electron chi connectivity index (χ3n) is 2.06. The predicted octanol–water partition coefficient (Wildman–Crippen LogP) is 0.672. The van der Waals surface area contributed by atoms with Gasteiger partial charge in [0.15, 0.2) is 0 Å². The Morgan fingerprint density at radius 3 is 3.08 bits per heavy atom. The smallest absolute Gasteiger partial charge is 0.250 e. The highest BCUT2D eigenvalue weighted by Gasteiger charge is 2.09. The number of aryl methyl sites for hydroxylation is 1. The van der Waals surface area contributed by atoms with Crippen LogP contribution in [0, 0.1) is 0 Å². The highest BCUT2D eigenvalue weighted by molar-refractivity contribution is 6.05. The Kier molecular flexibility index (Phi) is 1.55. The van der Waals surface area contributed by atoms with Crippen LogP contribution in [0.1, 0.15) is 10.4 Å². The molecule has 0 aliphatic carbocycles. The van der Waals surface area contributed by atoms with Crippen molar-refractivity contribution in [3.05, 3.63) is 30.2 Å². The molecular formula is C9H9N3O. The number of nitrogens with zero attached hydrogens (tertiary/aromatic N) is 2. The summed E-state index contributed by atoms with van der Waals surface area (Å²) in [5.41, 5.74) is 6.69. The first-order valence-electron chi connectivity index (χ1n) is 3.89. The molecule has 0 aliphatic rings. The molecule has 13 heavy (non-hydrogen) atoms. The fourth-order valence-corrected chi connectivity index (χ4v) is 1.43. The van der Waals surface area contributed by atoms with Gasteiger partial charge in [0.05, 0.1) is 11.1 Å². The number of carbonyl (C=O) groups excluding carboxylic acids is 1. The van der Waals surface area contributed by atoms with E-state index in [2.05, 4.69) is 4.98 Å². The van der Waals surface area contributed by atoms with Gasteiger partial charge < -0.3 is 10.3 Å². The SMILES string of the molecule is Cn1cc(C(N)=O)c2cnccc21. The number of primary amides is 1. The quantitative estimate of drug-likeness (QED) is 0.692. The Bertz CT molecular complexity index is 473. The Hall–Kier alpha value is -1.84. The number of carbonyl (C=O) groups is 1. The van der Waals surface area contributed by atoms with Crippen molar-refractivity contribution < 1.29 is 4.79 Å². The standard InChI is InChI=1S/C9H9N3O/c1-12-5-7(9(10)13)6-4-11-3-2-8(6)12/h2-5H,1H3,(H2,10,13). The number of rotatable bonds is 1. The lowest BCUT2D eigenvalue weighted by Gasteiger charge is -1.92. The van der Waals surface area contributed by atoms with E-state index >= 15 is 0 Å². The van der Waals surface area contributed by atoms with Crippen LogP contribution in [0.2, 0.25) is 0 Å². The maximum Gasteiger partial charge on any atom is 0.250 e. The van der Waals surface area contributed by atoms with Crippen molar-refractivity contribution >= 4 is 16.8 Å². The number of nitrogens with two attached hydrogens (primary N) is 1. The van der Waals surface area contributed by atoms with E-state index in [4.69, 9.17) is 5.73 Å². The average Bonchev–Trinajstić information content (AvgIpc) is 2.45. The summed E-state index contributed by atoms with van der Waals surface area (Å²) >= 11 is 0. The molecule has 2 N–H and O–H groups in total. The summed E-state index contributed by atoms with van der Waals surface area (Å²) in [7, 11) is 1.87. The van der Waals surface area contributed by atoms with E-state index in [0.717, 1.165) is 10.9 Å². The van der Waals surface area contributed by atoms with E-state index in [9.17, 15) is 4.79 Å². The summed E-state index contributed by atoms with van der Waals surface area (Å²) in [6.07, 6.45) is 5.05. The van der Waals surface area contributed by atoms with Gasteiger partial charge >= 0.3 is 0 Å². The molecule has 2 aromatic rings. The second kappa shape index (κ2) is 2.58. The zero-order chi connectivity index (χ0) is 9.42. The van der Waals surface area contributed by atoms with Gasteiger partial charge in [0.1, 0.15) is 0 Å². The highest BCUT2D eigenvalue weighted by Crippen LogP contribution is 2.18. The molecule has 2 heterocycles. The molecule has 1 amide bonds. The van der Waals surface area contributed by atoms with Gasteiger partial charge in [-0.15, -0.1) is 0 Å². The van der Waals surface area contributed by atoms with E-state index in [1.54, 1.807) is 18.6 Å². The number of hydrogen-bond acceptors (Lipinski definition) is 2. The molecule has 4 nitrogen and oxygen atoms in total. The van der Waals surface area contributed by atoms with Gasteiger partial charge in [-0.3, -0.25) is 9.78 Å². The highest BCUT2D eigenvalue weighted by atomic mass is 16.1. The van der Waals surface area contributed by atoms with Gasteiger partial charge in [0, 0.05) is 31.0 Å². The van der Waals surface area contributed by atoms with E-state index in [0.29, 0.717) is 5.56 Å². The van der Waals surface area contributed by atoms with Gasteiger partial charge in [0.2, 0.25) is 0 Å². The first-order valence-corrected chi connectivity index (χ1v) is 3.89. The van der Waals surface area contributed by atoms with E-state index in [1.807, 2.05) is 17.7 Å². The summed E-state index contributed by atoms with van der Waals surface area (Å²) < 4.78 is 1.86. The molecule has 0 saturated heterocycles. The largest absolute Gasteiger partial charge is 0.366 e. The van der Waals surface area contributed by atoms with Crippen LogP contribution in [0.3, 0.4) is 0 Å². The average molecular weight is 175 g/mol. The minimum absolute atomic E-state index is 0.418. The van der Waals surface area contributed by atoms with Crippen LogP contribution < -0.4 is 5.73 Å². The van der Waals surface area contributed by atoms with Gasteiger partial charge in [-0.1, -0.05) is 0 Å². The molecule has 2 aromatic heterocycles. The van der Waals surface area contributed by atoms with Crippen LogP contribution in [0.5, 0.6) is 0 Å². The molecule has 0 spiro atoms. The lowest BCUT2D eigenvalue weighted by Crippen LogP contribution is -2.10. The second-order valence-corrected chi connectivity index (χ2v) is 2.91. The molecule has 66 valence electrons. The van der Waals surface area contributed by atoms with Crippen molar-refractivity contribution in [2.75, 3.05) is 0 Å². The third-order valence-corrected chi connectivity index (χ3v) is 2.06. The van der Waals surface area contributed by atoms with Crippen LogP contribution in [-0.2, 0) is 7.05 Å². The fraction of sp³-hybridized carbons (Fsp3) is 0.111. The molecule has 0 atom stereocenters. The van der Waals surface area contributed by atoms with Crippen LogP contribution >= 0.6 is 0 Å². The lowest BCUT2D eigenvalue weighted by atomic mass is 10.2. The first-order chi connectivity index (χ1) is 6.20. The number of fused-ring (bicyclic) bond motifs is 1. The molecule has 0 unspecified atom stereocenters. The maximum absolute atomic E-state index is 11.0. The Labute approximate surface area is 75.0 Å². The number of pyridine rings is 1. The Morgan fingerprint density at radius 1 is 1.62 bits per heavy atom. The van der Waals surface area contributed by atoms with Crippen LogP contribution in [0.25, 0.3) is 10.9 Å². The zero-order valence-electron chi connectivity index (χ0n) is 7.19. The molecule has 0 aromatic carbocycles. The first kappa shape index (κ1) is 7.79. The Balaban J connectivity index is 2.85. The molecule has 0 saturated carbocycles. The Morgan fingerprint density at radius 2 is 2.38 bits per heavy atom. The lowest BCUT2D eigenvalue weighted by molar-refractivity contribution is 0.100. The predicted molar refractivity (Wildman–Crippen MR) is 49.2 cm³/mol. The number of hydrogen-bond donors (Lipinski definition) is 1. The topological polar surface area (TPSA) is 60.9 Å². The minimum Gasteiger partial charge on any atom is -0.366 e. The van der Waals surface area contributed by atoms with Gasteiger partial charge in [-0.05, 0) is 6.07 Å². The van der Waals surface area contributed by atoms with Crippen molar-refractivity contribution in [3.63, 3.8) is 0 Å². The summed E-state index contributed by atoms with van der Waals surface area (Å²) in [5.74, 6) is -0.418. The molecule has 0 radical (unpaired) electrons. The van der Waals surface area contributed by atoms with Crippen molar-refractivity contribution in [2.45, 2.75) is 0 Å². The van der Waals surface area contributed by atoms with E-state index in [1.165, 1.54) is 0 Å². The minimum atomic E-state index is -0.418. The second-order valence-electron chi connectivity index (χ2n) is 2.91. The summed E-state index contributed by atoms with van der Waals surface area (Å²) in [4.78, 5) is 15.0. The molecular weight excluding hydrogens is 166 g/mol. The van der Waals surface area contributed by atoms with E-state index < -0.39 is 5.91 Å². The third kappa shape index (κ3) is 1.07. The van der Waals surface area contributed by atoms with Crippen LogP contribution in [0.4, 0.5) is 0 Å². The molecule has 0 fully saturated rings. The maximum atomic E-state index is 11.0. The van der Waals surface area contributed by atoms with Gasteiger partial charge in [-0.2, -0.15) is 0 Å². The molecule has 0 aliphatic heterocycles. The monoisotopic (exact) mass is 175 g/mol. The van der Waals surface area contributed by atoms with Crippen LogP contribution in [0.15, 0.2) is 24.7 Å². The van der Waals surface area contributed by atoms with Crippen LogP contribution in [-0.4, -0.2) is 15.5 Å². The van der Waals surface area contributed by atoms with E-state index in [-0.39, 0.29) is 0 Å². The van der Waals surface area contributed by atoms with Crippen molar-refractivity contribution in [3.8, 4) is 0 Å². The molecule has 2 rings (SSSR count). The summed E-state index contributed by atoms with van der Waals surface area (Å²) in [6.45, 7) is 0. The van der Waals surface area contributed by atoms with Crippen molar-refractivity contribution in [1.29, 1.82) is 0 Å². The zero-order valence-corrected chi connectivity index (χ0v) is 7.19. The molecule has 4 heteroatoms. The van der Waals surface area contributed by atoms with Gasteiger partial charge in [-0.25, -0.2) is 0 Å². The number of amides is 1. The fourth-order valence-electron chi connectivity index (χ4n) is 1.43. The van der Waals surface area contributed by atoms with Crippen molar-refractivity contribution in [1.82, 2.24) is 9.55 Å².